The van der Waals surface area contributed by atoms with Gasteiger partial charge in [0, 0.05) is 6.04 Å². The molecule has 1 saturated carbocycles. The minimum Gasteiger partial charge on any atom is -0.494 e. The molecule has 1 aromatic rings. The van der Waals surface area contributed by atoms with Crippen LogP contribution in [0.2, 0.25) is 0 Å². The maximum absolute atomic E-state index is 11.1. The van der Waals surface area contributed by atoms with E-state index in [1.54, 1.807) is 12.1 Å². The number of nitrogens with zero attached hydrogens (tertiary/aromatic N) is 1. The highest BCUT2D eigenvalue weighted by atomic mass is 16.6. The van der Waals surface area contributed by atoms with Gasteiger partial charge in [0.25, 0.3) is 5.69 Å². The molecular formula is C13H18N2O3. The summed E-state index contributed by atoms with van der Waals surface area (Å²) in [5.74, 6) is 1.19. The predicted molar refractivity (Wildman–Crippen MR) is 70.1 cm³/mol. The van der Waals surface area contributed by atoms with Gasteiger partial charge in [-0.1, -0.05) is 0 Å². The van der Waals surface area contributed by atoms with Gasteiger partial charge in [-0.15, -0.1) is 0 Å². The van der Waals surface area contributed by atoms with Gasteiger partial charge >= 0.3 is 0 Å². The Morgan fingerprint density at radius 2 is 2.28 bits per heavy atom. The van der Waals surface area contributed by atoms with Crippen LogP contribution in [-0.2, 0) is 0 Å². The summed E-state index contributed by atoms with van der Waals surface area (Å²) < 4.78 is 5.28. The lowest BCUT2D eigenvalue weighted by molar-refractivity contribution is -0.384. The monoisotopic (exact) mass is 250 g/mol. The Labute approximate surface area is 106 Å². The molecule has 1 aliphatic carbocycles. The third-order valence-corrected chi connectivity index (χ3v) is 3.19. The molecule has 0 radical (unpaired) electrons. The molecule has 1 aliphatic rings. The average molecular weight is 250 g/mol. The van der Waals surface area contributed by atoms with Gasteiger partial charge in [-0.25, -0.2) is 0 Å². The van der Waals surface area contributed by atoms with Crippen LogP contribution < -0.4 is 10.1 Å². The van der Waals surface area contributed by atoms with Gasteiger partial charge in [0.05, 0.1) is 17.6 Å². The molecular weight excluding hydrogens is 232 g/mol. The molecule has 5 heteroatoms. The fourth-order valence-electron chi connectivity index (χ4n) is 2.00. The Hall–Kier alpha value is -1.78. The van der Waals surface area contributed by atoms with Crippen LogP contribution in [0.25, 0.3) is 0 Å². The molecule has 1 unspecified atom stereocenters. The molecule has 0 spiro atoms. The number of benzene rings is 1. The molecule has 0 aliphatic heterocycles. The molecule has 18 heavy (non-hydrogen) atoms. The third-order valence-electron chi connectivity index (χ3n) is 3.19. The molecule has 2 rings (SSSR count). The lowest BCUT2D eigenvalue weighted by Crippen LogP contribution is -2.18. The van der Waals surface area contributed by atoms with Crippen LogP contribution in [0.15, 0.2) is 18.2 Å². The Balaban J connectivity index is 2.19. The highest BCUT2D eigenvalue weighted by molar-refractivity contribution is 5.64. The first-order chi connectivity index (χ1) is 8.61. The minimum absolute atomic E-state index is 0.0773. The van der Waals surface area contributed by atoms with Crippen molar-refractivity contribution < 1.29 is 9.66 Å². The van der Waals surface area contributed by atoms with Crippen molar-refractivity contribution in [3.63, 3.8) is 0 Å². The van der Waals surface area contributed by atoms with Crippen molar-refractivity contribution in [1.82, 2.24) is 0 Å². The molecule has 1 fully saturated rings. The number of anilines is 1. The molecule has 0 saturated heterocycles. The first-order valence-corrected chi connectivity index (χ1v) is 6.29. The van der Waals surface area contributed by atoms with Crippen molar-refractivity contribution in [1.29, 1.82) is 0 Å². The molecule has 1 N–H and O–H groups in total. The second kappa shape index (κ2) is 5.25. The van der Waals surface area contributed by atoms with E-state index in [2.05, 4.69) is 12.2 Å². The Morgan fingerprint density at radius 3 is 2.83 bits per heavy atom. The van der Waals surface area contributed by atoms with E-state index in [0.29, 0.717) is 24.0 Å². The lowest BCUT2D eigenvalue weighted by atomic mass is 10.2. The fourth-order valence-corrected chi connectivity index (χ4v) is 2.00. The SMILES string of the molecule is CCOc1ccc(NC(C)C2CC2)c([N+](=O)[O-])c1. The van der Waals surface area contributed by atoms with Gasteiger partial charge in [-0.05, 0) is 44.7 Å². The zero-order valence-corrected chi connectivity index (χ0v) is 10.7. The molecule has 0 bridgehead atoms. The predicted octanol–water partition coefficient (Wildman–Crippen LogP) is 3.20. The van der Waals surface area contributed by atoms with Crippen LogP contribution >= 0.6 is 0 Å². The number of rotatable bonds is 6. The van der Waals surface area contributed by atoms with E-state index in [0.717, 1.165) is 0 Å². The second-order valence-corrected chi connectivity index (χ2v) is 4.64. The first-order valence-electron chi connectivity index (χ1n) is 6.29. The van der Waals surface area contributed by atoms with E-state index in [9.17, 15) is 10.1 Å². The fraction of sp³-hybridized carbons (Fsp3) is 0.538. The summed E-state index contributed by atoms with van der Waals surface area (Å²) in [4.78, 5) is 10.7. The topological polar surface area (TPSA) is 64.4 Å². The summed E-state index contributed by atoms with van der Waals surface area (Å²) >= 11 is 0. The summed E-state index contributed by atoms with van der Waals surface area (Å²) in [5.41, 5.74) is 0.649. The molecule has 5 nitrogen and oxygen atoms in total. The van der Waals surface area contributed by atoms with Crippen LogP contribution in [0, 0.1) is 16.0 Å². The molecule has 0 amide bonds. The summed E-state index contributed by atoms with van der Waals surface area (Å²) in [6, 6.07) is 5.24. The largest absolute Gasteiger partial charge is 0.494 e. The highest BCUT2D eigenvalue weighted by Crippen LogP contribution is 2.36. The minimum atomic E-state index is -0.371. The zero-order chi connectivity index (χ0) is 13.1. The van der Waals surface area contributed by atoms with Crippen molar-refractivity contribution in [3.05, 3.63) is 28.3 Å². The number of nitrogens with one attached hydrogen (secondary N) is 1. The van der Waals surface area contributed by atoms with Gasteiger partial charge in [-0.3, -0.25) is 10.1 Å². The van der Waals surface area contributed by atoms with Crippen molar-refractivity contribution >= 4 is 11.4 Å². The summed E-state index contributed by atoms with van der Waals surface area (Å²) in [6.45, 7) is 4.42. The van der Waals surface area contributed by atoms with E-state index in [1.807, 2.05) is 6.92 Å². The van der Waals surface area contributed by atoms with Crippen molar-refractivity contribution in [3.8, 4) is 5.75 Å². The van der Waals surface area contributed by atoms with Crippen LogP contribution in [0.4, 0.5) is 11.4 Å². The summed E-state index contributed by atoms with van der Waals surface area (Å²) in [7, 11) is 0. The third kappa shape index (κ3) is 2.91. The van der Waals surface area contributed by atoms with Crippen molar-refractivity contribution in [2.75, 3.05) is 11.9 Å². The van der Waals surface area contributed by atoms with Crippen LogP contribution in [-0.4, -0.2) is 17.6 Å². The molecule has 1 atom stereocenters. The maximum Gasteiger partial charge on any atom is 0.296 e. The van der Waals surface area contributed by atoms with E-state index in [-0.39, 0.29) is 16.7 Å². The summed E-state index contributed by atoms with van der Waals surface area (Å²) in [5, 5.41) is 14.3. The van der Waals surface area contributed by atoms with Gasteiger partial charge in [0.15, 0.2) is 0 Å². The lowest BCUT2D eigenvalue weighted by Gasteiger charge is -2.15. The van der Waals surface area contributed by atoms with Gasteiger partial charge in [0.1, 0.15) is 11.4 Å². The average Bonchev–Trinajstić information content (AvgIpc) is 3.15. The van der Waals surface area contributed by atoms with Crippen LogP contribution in [0.3, 0.4) is 0 Å². The first kappa shape index (κ1) is 12.7. The Bertz CT molecular complexity index is 444. The molecule has 0 aromatic heterocycles. The number of nitro groups is 1. The smallest absolute Gasteiger partial charge is 0.296 e. The number of nitro benzene ring substituents is 1. The second-order valence-electron chi connectivity index (χ2n) is 4.64. The normalized spacial score (nSPS) is 16.1. The zero-order valence-electron chi connectivity index (χ0n) is 10.7. The van der Waals surface area contributed by atoms with E-state index in [4.69, 9.17) is 4.74 Å². The maximum atomic E-state index is 11.1. The molecule has 98 valence electrons. The number of hydrogen-bond acceptors (Lipinski definition) is 4. The number of ether oxygens (including phenoxy) is 1. The van der Waals surface area contributed by atoms with Crippen LogP contribution in [0.1, 0.15) is 26.7 Å². The van der Waals surface area contributed by atoms with E-state index >= 15 is 0 Å². The van der Waals surface area contributed by atoms with E-state index < -0.39 is 0 Å². The van der Waals surface area contributed by atoms with Gasteiger partial charge in [0.2, 0.25) is 0 Å². The quantitative estimate of drug-likeness (QED) is 0.622. The Kier molecular flexibility index (Phi) is 3.69. The van der Waals surface area contributed by atoms with E-state index in [1.165, 1.54) is 18.9 Å². The van der Waals surface area contributed by atoms with Gasteiger partial charge < -0.3 is 10.1 Å². The van der Waals surface area contributed by atoms with Crippen molar-refractivity contribution in [2.45, 2.75) is 32.7 Å². The molecule has 0 heterocycles. The van der Waals surface area contributed by atoms with Gasteiger partial charge in [-0.2, -0.15) is 0 Å². The Morgan fingerprint density at radius 1 is 1.56 bits per heavy atom. The highest BCUT2D eigenvalue weighted by Gasteiger charge is 2.29. The molecule has 1 aromatic carbocycles. The van der Waals surface area contributed by atoms with Crippen molar-refractivity contribution in [2.24, 2.45) is 5.92 Å². The number of hydrogen-bond donors (Lipinski definition) is 1. The van der Waals surface area contributed by atoms with Crippen LogP contribution in [0.5, 0.6) is 5.75 Å². The standard InChI is InChI=1S/C13H18N2O3/c1-3-18-11-6-7-12(13(8-11)15(16)17)14-9(2)10-4-5-10/h6-10,14H,3-5H2,1-2H3. The summed E-state index contributed by atoms with van der Waals surface area (Å²) in [6.07, 6.45) is 2.41.